The van der Waals surface area contributed by atoms with Crippen LogP contribution in [0.2, 0.25) is 0 Å². The molecule has 3 heterocycles. The molecule has 0 unspecified atom stereocenters. The van der Waals surface area contributed by atoms with Crippen molar-refractivity contribution in [2.24, 2.45) is 0 Å². The Hall–Kier alpha value is -5.12. The highest BCUT2D eigenvalue weighted by molar-refractivity contribution is 6.08. The Balaban J connectivity index is 1.50. The number of benzene rings is 3. The van der Waals surface area contributed by atoms with Gasteiger partial charge in [0, 0.05) is 39.7 Å². The van der Waals surface area contributed by atoms with Crippen LogP contribution in [0.4, 0.5) is 0 Å². The van der Waals surface area contributed by atoms with Crippen LogP contribution in [0.1, 0.15) is 10.4 Å². The third-order valence-corrected chi connectivity index (χ3v) is 6.56. The summed E-state index contributed by atoms with van der Waals surface area (Å²) in [6, 6.07) is 18.1. The summed E-state index contributed by atoms with van der Waals surface area (Å²) in [5, 5.41) is 5.93. The number of aromatic nitrogens is 5. The number of H-pyrrole nitrogens is 1. The molecule has 0 saturated carbocycles. The Bertz CT molecular complexity index is 1890. The third-order valence-electron chi connectivity index (χ3n) is 6.56. The molecule has 0 amide bonds. The average Bonchev–Trinajstić information content (AvgIpc) is 3.60. The number of hydrogen-bond donors (Lipinski definition) is 1. The molecule has 3 aromatic carbocycles. The van der Waals surface area contributed by atoms with Gasteiger partial charge in [-0.2, -0.15) is 4.52 Å². The van der Waals surface area contributed by atoms with Crippen LogP contribution >= 0.6 is 0 Å². The zero-order chi connectivity index (χ0) is 26.4. The fourth-order valence-corrected chi connectivity index (χ4v) is 4.63. The number of carbonyl (C=O) groups excluding carboxylic acids is 1. The van der Waals surface area contributed by atoms with Gasteiger partial charge in [0.1, 0.15) is 17.2 Å². The minimum absolute atomic E-state index is 0.179. The number of para-hydroxylation sites is 1. The molecule has 38 heavy (non-hydrogen) atoms. The summed E-state index contributed by atoms with van der Waals surface area (Å²) in [4.78, 5) is 35.0. The largest absolute Gasteiger partial charge is 0.497 e. The normalized spacial score (nSPS) is 11.3. The molecular formula is C28H23N5O5. The predicted octanol–water partition coefficient (Wildman–Crippen LogP) is 4.10. The highest BCUT2D eigenvalue weighted by atomic mass is 16.5. The topological polar surface area (TPSA) is 113 Å². The quantitative estimate of drug-likeness (QED) is 0.322. The van der Waals surface area contributed by atoms with Crippen LogP contribution in [0.25, 0.3) is 38.8 Å². The van der Waals surface area contributed by atoms with Gasteiger partial charge >= 0.3 is 5.69 Å². The molecule has 6 aromatic rings. The lowest BCUT2D eigenvalue weighted by Gasteiger charge is -2.10. The SMILES string of the molecule is COc1cc(OC)cc(-c2nc3c4ccccc4n(CC(=O)c4c[nH]c5ccc(OC)cc45)c(=O)n3n2)c1. The highest BCUT2D eigenvalue weighted by Crippen LogP contribution is 2.29. The van der Waals surface area contributed by atoms with E-state index in [2.05, 4.69) is 15.1 Å². The minimum atomic E-state index is -0.474. The van der Waals surface area contributed by atoms with E-state index in [1.807, 2.05) is 30.3 Å². The van der Waals surface area contributed by atoms with Crippen LogP contribution < -0.4 is 19.9 Å². The van der Waals surface area contributed by atoms with Crippen molar-refractivity contribution in [2.75, 3.05) is 21.3 Å². The summed E-state index contributed by atoms with van der Waals surface area (Å²) >= 11 is 0. The molecule has 0 aliphatic heterocycles. The summed E-state index contributed by atoms with van der Waals surface area (Å²) < 4.78 is 18.7. The van der Waals surface area contributed by atoms with E-state index in [9.17, 15) is 9.59 Å². The smallest absolute Gasteiger partial charge is 0.351 e. The summed E-state index contributed by atoms with van der Waals surface area (Å²) in [5.41, 5.74) is 2.40. The lowest BCUT2D eigenvalue weighted by Crippen LogP contribution is -2.30. The zero-order valence-corrected chi connectivity index (χ0v) is 20.9. The van der Waals surface area contributed by atoms with E-state index in [-0.39, 0.29) is 12.3 Å². The van der Waals surface area contributed by atoms with Gasteiger partial charge in [-0.15, -0.1) is 5.10 Å². The van der Waals surface area contributed by atoms with Crippen LogP contribution in [0, 0.1) is 0 Å². The van der Waals surface area contributed by atoms with E-state index < -0.39 is 5.69 Å². The third kappa shape index (κ3) is 3.74. The molecule has 0 radical (unpaired) electrons. The van der Waals surface area contributed by atoms with E-state index in [0.717, 1.165) is 10.9 Å². The molecule has 0 saturated heterocycles. The number of ketones is 1. The molecular weight excluding hydrogens is 486 g/mol. The average molecular weight is 510 g/mol. The number of rotatable bonds is 7. The molecule has 3 aromatic heterocycles. The summed E-state index contributed by atoms with van der Waals surface area (Å²) in [6.45, 7) is -0.179. The number of ether oxygens (including phenoxy) is 3. The van der Waals surface area contributed by atoms with E-state index in [1.165, 1.54) is 9.08 Å². The van der Waals surface area contributed by atoms with Gasteiger partial charge in [-0.3, -0.25) is 9.36 Å². The van der Waals surface area contributed by atoms with Gasteiger partial charge in [0.25, 0.3) is 0 Å². The second-order valence-electron chi connectivity index (χ2n) is 8.70. The first-order chi connectivity index (χ1) is 18.5. The van der Waals surface area contributed by atoms with E-state index in [4.69, 9.17) is 14.2 Å². The molecule has 0 spiro atoms. The van der Waals surface area contributed by atoms with Gasteiger partial charge in [-0.25, -0.2) is 9.78 Å². The molecule has 10 nitrogen and oxygen atoms in total. The number of Topliss-reactive ketones (excluding diaryl/α,β-unsaturated/α-hetero) is 1. The van der Waals surface area contributed by atoms with Crippen molar-refractivity contribution >= 4 is 33.2 Å². The first kappa shape index (κ1) is 23.3. The minimum Gasteiger partial charge on any atom is -0.497 e. The molecule has 6 rings (SSSR count). The van der Waals surface area contributed by atoms with Crippen LogP contribution in [-0.4, -0.2) is 51.3 Å². The van der Waals surface area contributed by atoms with Crippen molar-refractivity contribution < 1.29 is 19.0 Å². The Morgan fingerprint density at radius 2 is 1.63 bits per heavy atom. The van der Waals surface area contributed by atoms with E-state index in [0.29, 0.717) is 50.7 Å². The lowest BCUT2D eigenvalue weighted by molar-refractivity contribution is 0.0973. The van der Waals surface area contributed by atoms with E-state index >= 15 is 0 Å². The first-order valence-corrected chi connectivity index (χ1v) is 11.8. The maximum absolute atomic E-state index is 13.7. The Morgan fingerprint density at radius 3 is 2.37 bits per heavy atom. The molecule has 0 aliphatic rings. The van der Waals surface area contributed by atoms with Crippen molar-refractivity contribution in [3.63, 3.8) is 0 Å². The van der Waals surface area contributed by atoms with Crippen LogP contribution in [0.15, 0.2) is 71.7 Å². The van der Waals surface area contributed by atoms with Gasteiger partial charge in [-0.1, -0.05) is 12.1 Å². The molecule has 10 heteroatoms. The van der Waals surface area contributed by atoms with Crippen molar-refractivity contribution in [1.29, 1.82) is 0 Å². The molecule has 0 aliphatic carbocycles. The number of nitrogens with zero attached hydrogens (tertiary/aromatic N) is 4. The number of nitrogens with one attached hydrogen (secondary N) is 1. The fraction of sp³-hybridized carbons (Fsp3) is 0.143. The van der Waals surface area contributed by atoms with Crippen molar-refractivity contribution in [1.82, 2.24) is 24.1 Å². The maximum Gasteiger partial charge on any atom is 0.351 e. The lowest BCUT2D eigenvalue weighted by atomic mass is 10.1. The fourth-order valence-electron chi connectivity index (χ4n) is 4.63. The van der Waals surface area contributed by atoms with Gasteiger partial charge in [0.05, 0.1) is 33.4 Å². The van der Waals surface area contributed by atoms with Crippen molar-refractivity contribution in [2.45, 2.75) is 6.54 Å². The Kier molecular flexibility index (Phi) is 5.56. The van der Waals surface area contributed by atoms with Gasteiger partial charge in [0.2, 0.25) is 0 Å². The maximum atomic E-state index is 13.7. The van der Waals surface area contributed by atoms with E-state index in [1.54, 1.807) is 57.9 Å². The Morgan fingerprint density at radius 1 is 0.895 bits per heavy atom. The number of methoxy groups -OCH3 is 3. The molecule has 0 fully saturated rings. The van der Waals surface area contributed by atoms with Crippen LogP contribution in [0.5, 0.6) is 17.2 Å². The first-order valence-electron chi connectivity index (χ1n) is 11.8. The Labute approximate surface area is 216 Å². The monoisotopic (exact) mass is 509 g/mol. The predicted molar refractivity (Wildman–Crippen MR) is 142 cm³/mol. The van der Waals surface area contributed by atoms with Gasteiger partial charge < -0.3 is 19.2 Å². The zero-order valence-electron chi connectivity index (χ0n) is 20.9. The van der Waals surface area contributed by atoms with Crippen molar-refractivity contribution in [3.8, 4) is 28.6 Å². The molecule has 1 N–H and O–H groups in total. The second-order valence-corrected chi connectivity index (χ2v) is 8.70. The van der Waals surface area contributed by atoms with Crippen LogP contribution in [-0.2, 0) is 6.54 Å². The van der Waals surface area contributed by atoms with Gasteiger partial charge in [-0.05, 0) is 42.5 Å². The molecule has 0 atom stereocenters. The second kappa shape index (κ2) is 9.07. The summed E-state index contributed by atoms with van der Waals surface area (Å²) in [5.74, 6) is 1.88. The highest BCUT2D eigenvalue weighted by Gasteiger charge is 2.20. The number of hydrogen-bond acceptors (Lipinski definition) is 7. The summed E-state index contributed by atoms with van der Waals surface area (Å²) in [6.07, 6.45) is 1.65. The standard InChI is InChI=1S/C28H23N5O5/c1-36-17-8-9-23-21(13-17)22(14-29-23)25(34)15-32-24-7-5-4-6-20(24)27-30-26(31-33(27)28(32)35)16-10-18(37-2)12-19(11-16)38-3/h4-14,29H,15H2,1-3H3. The number of aromatic amines is 1. The molecule has 0 bridgehead atoms. The van der Waals surface area contributed by atoms with Crippen LogP contribution in [0.3, 0.4) is 0 Å². The number of fused-ring (bicyclic) bond motifs is 4. The summed E-state index contributed by atoms with van der Waals surface area (Å²) in [7, 11) is 4.69. The number of carbonyl (C=O) groups is 1. The molecule has 190 valence electrons. The van der Waals surface area contributed by atoms with Gasteiger partial charge in [0.15, 0.2) is 17.3 Å². The van der Waals surface area contributed by atoms with Crippen molar-refractivity contribution in [3.05, 3.63) is 82.9 Å².